The Morgan fingerprint density at radius 3 is 2.53 bits per heavy atom. The quantitative estimate of drug-likeness (QED) is 0.565. The van der Waals surface area contributed by atoms with E-state index in [0.717, 1.165) is 16.7 Å². The minimum Gasteiger partial charge on any atom is -0.408 e. The molecule has 156 valence electrons. The van der Waals surface area contributed by atoms with E-state index in [0.29, 0.717) is 17.5 Å². The van der Waals surface area contributed by atoms with Gasteiger partial charge < -0.3 is 20.6 Å². The smallest absolute Gasteiger partial charge is 0.408 e. The summed E-state index contributed by atoms with van der Waals surface area (Å²) in [6.45, 7) is 2.85. The van der Waals surface area contributed by atoms with E-state index in [1.165, 1.54) is 18.4 Å². The van der Waals surface area contributed by atoms with Crippen molar-refractivity contribution in [2.24, 2.45) is 12.8 Å². The highest BCUT2D eigenvalue weighted by molar-refractivity contribution is 5.86. The molecule has 1 amide bonds. The molecule has 0 aliphatic rings. The molecule has 2 aromatic carbocycles. The van der Waals surface area contributed by atoms with Gasteiger partial charge in [-0.1, -0.05) is 30.3 Å². The van der Waals surface area contributed by atoms with Crippen LogP contribution in [-0.2, 0) is 18.3 Å². The first kappa shape index (κ1) is 21.3. The first-order valence-corrected chi connectivity index (χ1v) is 9.50. The third kappa shape index (κ3) is 4.13. The fraction of sp³-hybridized carbons (Fsp3) is 0.318. The number of hydrogen-bond acceptors (Lipinski definition) is 6. The first-order valence-electron chi connectivity index (χ1n) is 9.50. The summed E-state index contributed by atoms with van der Waals surface area (Å²) in [6.07, 6.45) is -0.753. The molecule has 0 bridgehead atoms. The Kier molecular flexibility index (Phi) is 5.78. The third-order valence-corrected chi connectivity index (χ3v) is 5.34. The molecule has 1 heterocycles. The van der Waals surface area contributed by atoms with E-state index in [-0.39, 0.29) is 0 Å². The van der Waals surface area contributed by atoms with E-state index >= 15 is 0 Å². The number of fused-ring (bicyclic) bond motifs is 1. The maximum absolute atomic E-state index is 12.3. The number of rotatable bonds is 6. The normalized spacial score (nSPS) is 15.2. The molecular weight excluding hydrogens is 384 g/mol. The summed E-state index contributed by atoms with van der Waals surface area (Å²) in [6, 6.07) is 14.4. The van der Waals surface area contributed by atoms with Crippen LogP contribution >= 0.6 is 0 Å². The molecule has 0 unspecified atom stereocenters. The van der Waals surface area contributed by atoms with Gasteiger partial charge in [0.2, 0.25) is 5.91 Å². The number of aliphatic hydroxyl groups excluding tert-OH is 1. The zero-order chi connectivity index (χ0) is 22.1. The molecule has 0 aliphatic carbocycles. The maximum atomic E-state index is 12.3. The van der Waals surface area contributed by atoms with Crippen molar-refractivity contribution in [1.29, 1.82) is 5.26 Å². The molecule has 0 spiro atoms. The van der Waals surface area contributed by atoms with E-state index < -0.39 is 29.3 Å². The highest BCUT2D eigenvalue weighted by atomic mass is 16.4. The fourth-order valence-corrected chi connectivity index (χ4v) is 3.01. The number of carbonyl (C=O) groups excluding carboxylic acids is 1. The van der Waals surface area contributed by atoms with Gasteiger partial charge in [-0.15, -0.1) is 0 Å². The molecule has 8 nitrogen and oxygen atoms in total. The van der Waals surface area contributed by atoms with Crippen LogP contribution in [-0.4, -0.2) is 33.3 Å². The minimum absolute atomic E-state index is 0.299. The van der Waals surface area contributed by atoms with Crippen LogP contribution in [0.25, 0.3) is 22.2 Å². The van der Waals surface area contributed by atoms with Gasteiger partial charge in [0.25, 0.3) is 0 Å². The summed E-state index contributed by atoms with van der Waals surface area (Å²) < 4.78 is 6.60. The Labute approximate surface area is 173 Å². The lowest BCUT2D eigenvalue weighted by Gasteiger charge is -2.27. The van der Waals surface area contributed by atoms with Crippen LogP contribution in [0.5, 0.6) is 0 Å². The van der Waals surface area contributed by atoms with Crippen LogP contribution in [0, 0.1) is 11.3 Å². The zero-order valence-corrected chi connectivity index (χ0v) is 17.0. The summed E-state index contributed by atoms with van der Waals surface area (Å²) in [5.41, 5.74) is 8.31. The molecule has 0 fully saturated rings. The summed E-state index contributed by atoms with van der Waals surface area (Å²) in [7, 11) is 1.65. The largest absolute Gasteiger partial charge is 0.419 e. The van der Waals surface area contributed by atoms with E-state index in [2.05, 4.69) is 11.4 Å². The number of benzene rings is 2. The van der Waals surface area contributed by atoms with Crippen LogP contribution in [0.2, 0.25) is 0 Å². The van der Waals surface area contributed by atoms with Crippen molar-refractivity contribution in [3.05, 3.63) is 58.6 Å². The topological polar surface area (TPSA) is 134 Å². The summed E-state index contributed by atoms with van der Waals surface area (Å²) in [5, 5.41) is 21.6. The van der Waals surface area contributed by atoms with Crippen molar-refractivity contribution >= 4 is 17.0 Å². The van der Waals surface area contributed by atoms with E-state index in [1.807, 2.05) is 36.4 Å². The number of carbonyl (C=O) groups is 1. The van der Waals surface area contributed by atoms with Crippen LogP contribution in [0.3, 0.4) is 0 Å². The van der Waals surface area contributed by atoms with Gasteiger partial charge in [-0.25, -0.2) is 4.79 Å². The number of nitriles is 1. The number of oxazole rings is 1. The lowest BCUT2D eigenvalue weighted by molar-refractivity contribution is -0.129. The van der Waals surface area contributed by atoms with Gasteiger partial charge in [-0.3, -0.25) is 9.36 Å². The lowest BCUT2D eigenvalue weighted by atomic mass is 9.95. The lowest BCUT2D eigenvalue weighted by Crippen LogP contribution is -2.60. The summed E-state index contributed by atoms with van der Waals surface area (Å²) >= 11 is 0. The maximum Gasteiger partial charge on any atom is 0.419 e. The van der Waals surface area contributed by atoms with Crippen molar-refractivity contribution in [2.45, 2.75) is 38.0 Å². The fourth-order valence-electron chi connectivity index (χ4n) is 3.01. The molecule has 1 aromatic heterocycles. The Bertz CT molecular complexity index is 1170. The number of amides is 1. The van der Waals surface area contributed by atoms with Gasteiger partial charge in [0.15, 0.2) is 5.58 Å². The zero-order valence-electron chi connectivity index (χ0n) is 17.0. The molecule has 8 heteroatoms. The highest BCUT2D eigenvalue weighted by Gasteiger charge is 2.34. The Hall–Kier alpha value is -3.41. The molecule has 3 atom stereocenters. The van der Waals surface area contributed by atoms with E-state index in [9.17, 15) is 20.0 Å². The van der Waals surface area contributed by atoms with Gasteiger partial charge in [-0.05, 0) is 42.7 Å². The average Bonchev–Trinajstić information content (AvgIpc) is 3.01. The number of nitrogens with two attached hydrogens (primary N) is 1. The van der Waals surface area contributed by atoms with Gasteiger partial charge in [0.05, 0.1) is 17.7 Å². The number of nitrogens with zero attached hydrogens (tertiary/aromatic N) is 2. The standard InChI is InChI=1S/C22H24N4O4/c1-13(27)22(2,24)20(28)25-17(12-23)10-14-4-6-15(7-5-14)16-8-9-19-18(11-16)26(3)21(29)30-19/h4-9,11,13,17,27H,10,24H2,1-3H3,(H,25,28)/t13-,17+,22-/m1/s1. The Balaban J connectivity index is 1.75. The molecule has 0 saturated carbocycles. The number of aliphatic hydroxyl groups is 1. The monoisotopic (exact) mass is 408 g/mol. The predicted octanol–water partition coefficient (Wildman–Crippen LogP) is 1.45. The first-order chi connectivity index (χ1) is 14.1. The second kappa shape index (κ2) is 8.14. The second-order valence-electron chi connectivity index (χ2n) is 7.62. The van der Waals surface area contributed by atoms with E-state index in [1.54, 1.807) is 13.1 Å². The molecule has 4 N–H and O–H groups in total. The second-order valence-corrected chi connectivity index (χ2v) is 7.62. The van der Waals surface area contributed by atoms with Crippen molar-refractivity contribution in [1.82, 2.24) is 9.88 Å². The Morgan fingerprint density at radius 2 is 1.93 bits per heavy atom. The van der Waals surface area contributed by atoms with Crippen LogP contribution in [0.1, 0.15) is 19.4 Å². The SMILES string of the molecule is C[C@@H](O)[C@@](C)(N)C(=O)N[C@H](C#N)Cc1ccc(-c2ccc3oc(=O)n(C)c3c2)cc1. The number of aryl methyl sites for hydroxylation is 1. The van der Waals surface area contributed by atoms with Crippen LogP contribution < -0.4 is 16.8 Å². The van der Waals surface area contributed by atoms with Crippen molar-refractivity contribution in [2.75, 3.05) is 0 Å². The van der Waals surface area contributed by atoms with Crippen molar-refractivity contribution < 1.29 is 14.3 Å². The van der Waals surface area contributed by atoms with Gasteiger partial charge >= 0.3 is 5.76 Å². The van der Waals surface area contributed by atoms with Gasteiger partial charge in [0.1, 0.15) is 11.6 Å². The van der Waals surface area contributed by atoms with Crippen LogP contribution in [0.15, 0.2) is 51.7 Å². The summed E-state index contributed by atoms with van der Waals surface area (Å²) in [5.74, 6) is -0.994. The Morgan fingerprint density at radius 1 is 1.30 bits per heavy atom. The number of hydrogen-bond donors (Lipinski definition) is 3. The van der Waals surface area contributed by atoms with Crippen molar-refractivity contribution in [3.63, 3.8) is 0 Å². The van der Waals surface area contributed by atoms with Crippen molar-refractivity contribution in [3.8, 4) is 17.2 Å². The van der Waals surface area contributed by atoms with Gasteiger partial charge in [-0.2, -0.15) is 5.26 Å². The molecule has 3 rings (SSSR count). The summed E-state index contributed by atoms with van der Waals surface area (Å²) in [4.78, 5) is 23.9. The van der Waals surface area contributed by atoms with Gasteiger partial charge in [0, 0.05) is 13.5 Å². The number of aromatic nitrogens is 1. The molecule has 0 radical (unpaired) electrons. The molecular formula is C22H24N4O4. The third-order valence-electron chi connectivity index (χ3n) is 5.34. The predicted molar refractivity (Wildman–Crippen MR) is 112 cm³/mol. The molecule has 30 heavy (non-hydrogen) atoms. The molecule has 0 aliphatic heterocycles. The number of nitrogens with one attached hydrogen (secondary N) is 1. The molecule has 0 saturated heterocycles. The minimum atomic E-state index is -1.48. The molecule has 3 aromatic rings. The van der Waals surface area contributed by atoms with Crippen LogP contribution in [0.4, 0.5) is 0 Å². The average molecular weight is 408 g/mol. The van der Waals surface area contributed by atoms with E-state index in [4.69, 9.17) is 10.2 Å². The highest BCUT2D eigenvalue weighted by Crippen LogP contribution is 2.24.